The Bertz CT molecular complexity index is 360. The zero-order valence-corrected chi connectivity index (χ0v) is 11.0. The van der Waals surface area contributed by atoms with Crippen molar-refractivity contribution in [1.29, 1.82) is 0 Å². The lowest BCUT2D eigenvalue weighted by Gasteiger charge is -2.28. The Balaban J connectivity index is 0.00000128. The van der Waals surface area contributed by atoms with E-state index in [1.807, 2.05) is 6.07 Å². The Kier molecular flexibility index (Phi) is 4.14. The summed E-state index contributed by atoms with van der Waals surface area (Å²) in [5.74, 6) is -0.753. The lowest BCUT2D eigenvalue weighted by atomic mass is 10.4. The minimum Gasteiger partial charge on any atom is -0.349 e. The lowest BCUT2D eigenvalue weighted by molar-refractivity contribution is -0.175. The summed E-state index contributed by atoms with van der Waals surface area (Å²) in [5.41, 5.74) is 5.61. The van der Waals surface area contributed by atoms with E-state index in [2.05, 4.69) is 20.9 Å². The summed E-state index contributed by atoms with van der Waals surface area (Å²) in [5, 5.41) is 9.92. The normalized spacial score (nSPS) is 29.0. The fraction of sp³-hybridized carbons (Fsp3) is 0.444. The topological polar surface area (TPSA) is 71.6 Å². The minimum absolute atomic E-state index is 0. The molecule has 2 heterocycles. The second kappa shape index (κ2) is 4.85. The number of hydrogen-bond acceptors (Lipinski definition) is 5. The molecule has 1 saturated heterocycles. The summed E-state index contributed by atoms with van der Waals surface area (Å²) in [7, 11) is 0. The largest absolute Gasteiger partial charge is 0.349 e. The highest BCUT2D eigenvalue weighted by Gasteiger charge is 2.40. The molecule has 2 atom stereocenters. The van der Waals surface area contributed by atoms with Gasteiger partial charge in [-0.15, -0.1) is 12.4 Å². The molecule has 1 unspecified atom stereocenters. The van der Waals surface area contributed by atoms with Gasteiger partial charge in [-0.25, -0.2) is 4.98 Å². The van der Waals surface area contributed by atoms with Gasteiger partial charge < -0.3 is 20.5 Å². The molecule has 0 spiro atoms. The summed E-state index contributed by atoms with van der Waals surface area (Å²) >= 11 is 3.29. The van der Waals surface area contributed by atoms with Crippen LogP contribution in [0.5, 0.6) is 0 Å². The van der Waals surface area contributed by atoms with Crippen molar-refractivity contribution in [3.05, 3.63) is 22.8 Å². The van der Waals surface area contributed by atoms with Gasteiger partial charge >= 0.3 is 0 Å². The van der Waals surface area contributed by atoms with Gasteiger partial charge in [0, 0.05) is 17.6 Å². The number of halogens is 2. The van der Waals surface area contributed by atoms with Crippen LogP contribution in [-0.2, 0) is 4.74 Å². The molecule has 16 heavy (non-hydrogen) atoms. The van der Waals surface area contributed by atoms with Gasteiger partial charge in [0.15, 0.2) is 0 Å². The third kappa shape index (κ3) is 2.64. The van der Waals surface area contributed by atoms with Crippen LogP contribution in [0.15, 0.2) is 22.8 Å². The molecule has 1 aromatic rings. The number of hydrogen-bond donors (Lipinski definition) is 2. The zero-order valence-electron chi connectivity index (χ0n) is 8.63. The Labute approximate surface area is 108 Å². The van der Waals surface area contributed by atoms with Crippen molar-refractivity contribution >= 4 is 34.2 Å². The molecule has 0 bridgehead atoms. The summed E-state index contributed by atoms with van der Waals surface area (Å²) < 4.78 is 6.04. The number of aromatic nitrogens is 1. The van der Waals surface area contributed by atoms with E-state index in [0.717, 1.165) is 4.47 Å². The van der Waals surface area contributed by atoms with Gasteiger partial charge in [-0.05, 0) is 28.1 Å². The summed E-state index contributed by atoms with van der Waals surface area (Å²) in [6.45, 7) is 1.96. The Morgan fingerprint density at radius 3 is 2.81 bits per heavy atom. The molecular formula is C9H13BrClN3O2. The van der Waals surface area contributed by atoms with E-state index in [9.17, 15) is 5.11 Å². The van der Waals surface area contributed by atoms with E-state index in [0.29, 0.717) is 12.4 Å². The molecule has 5 nitrogen and oxygen atoms in total. The molecule has 0 radical (unpaired) electrons. The van der Waals surface area contributed by atoms with Crippen LogP contribution in [0.25, 0.3) is 0 Å². The van der Waals surface area contributed by atoms with E-state index in [1.54, 1.807) is 24.1 Å². The lowest BCUT2D eigenvalue weighted by Crippen LogP contribution is -2.42. The number of nitrogens with zero attached hydrogens (tertiary/aromatic N) is 2. The second-order valence-corrected chi connectivity index (χ2v) is 4.45. The molecule has 0 aromatic carbocycles. The molecule has 7 heteroatoms. The Hall–Kier alpha value is -0.400. The molecule has 1 fully saturated rings. The highest BCUT2D eigenvalue weighted by Crippen LogP contribution is 2.28. The molecule has 0 aliphatic carbocycles. The molecular weight excluding hydrogens is 297 g/mol. The number of rotatable bonds is 1. The number of anilines is 1. The maximum Gasteiger partial charge on any atom is 0.249 e. The van der Waals surface area contributed by atoms with Crippen molar-refractivity contribution in [1.82, 2.24) is 4.98 Å². The van der Waals surface area contributed by atoms with Crippen LogP contribution < -0.4 is 10.6 Å². The van der Waals surface area contributed by atoms with Crippen molar-refractivity contribution < 1.29 is 9.84 Å². The Morgan fingerprint density at radius 1 is 1.69 bits per heavy atom. The highest BCUT2D eigenvalue weighted by molar-refractivity contribution is 9.10. The standard InChI is InChI=1S/C9H12BrN3O2.ClH/c1-9(14)13(5-7(11)15-9)8-3-2-6(10)4-12-8;/h2-4,7,14H,5,11H2,1H3;1H/t7-,9?;/m0./s1. The predicted octanol–water partition coefficient (Wildman–Crippen LogP) is 1.05. The van der Waals surface area contributed by atoms with Gasteiger partial charge in [0.05, 0.1) is 6.54 Å². The fourth-order valence-corrected chi connectivity index (χ4v) is 1.81. The molecule has 0 saturated carbocycles. The van der Waals surface area contributed by atoms with Crippen LogP contribution in [0, 0.1) is 0 Å². The Morgan fingerprint density at radius 2 is 2.38 bits per heavy atom. The molecule has 90 valence electrons. The first-order chi connectivity index (χ1) is 6.99. The van der Waals surface area contributed by atoms with Gasteiger partial charge in [0.25, 0.3) is 0 Å². The average molecular weight is 311 g/mol. The van der Waals surface area contributed by atoms with Crippen molar-refractivity contribution in [2.24, 2.45) is 5.73 Å². The van der Waals surface area contributed by atoms with Gasteiger partial charge in [-0.3, -0.25) is 0 Å². The zero-order chi connectivity index (χ0) is 11.1. The van der Waals surface area contributed by atoms with Crippen LogP contribution in [-0.4, -0.2) is 28.8 Å². The second-order valence-electron chi connectivity index (χ2n) is 3.54. The monoisotopic (exact) mass is 309 g/mol. The van der Waals surface area contributed by atoms with E-state index in [-0.39, 0.29) is 12.4 Å². The first kappa shape index (κ1) is 13.7. The van der Waals surface area contributed by atoms with E-state index >= 15 is 0 Å². The van der Waals surface area contributed by atoms with Crippen LogP contribution in [0.4, 0.5) is 5.82 Å². The predicted molar refractivity (Wildman–Crippen MR) is 66.2 cm³/mol. The van der Waals surface area contributed by atoms with Crippen molar-refractivity contribution in [2.75, 3.05) is 11.4 Å². The molecule has 2 rings (SSSR count). The van der Waals surface area contributed by atoms with E-state index in [4.69, 9.17) is 10.5 Å². The SMILES string of the molecule is CC1(O)O[C@H](N)CN1c1ccc(Br)cn1.Cl. The van der Waals surface area contributed by atoms with Crippen molar-refractivity contribution in [3.8, 4) is 0 Å². The molecule has 3 N–H and O–H groups in total. The van der Waals surface area contributed by atoms with E-state index < -0.39 is 12.1 Å². The van der Waals surface area contributed by atoms with Gasteiger partial charge in [-0.2, -0.15) is 0 Å². The van der Waals surface area contributed by atoms with Crippen LogP contribution >= 0.6 is 28.3 Å². The summed E-state index contributed by atoms with van der Waals surface area (Å²) in [6, 6.07) is 3.64. The van der Waals surface area contributed by atoms with Gasteiger partial charge in [-0.1, -0.05) is 0 Å². The number of ether oxygens (including phenoxy) is 1. The molecule has 1 aromatic heterocycles. The number of nitrogens with two attached hydrogens (primary N) is 1. The summed E-state index contributed by atoms with van der Waals surface area (Å²) in [4.78, 5) is 5.79. The average Bonchev–Trinajstić information content (AvgIpc) is 2.41. The van der Waals surface area contributed by atoms with Crippen molar-refractivity contribution in [3.63, 3.8) is 0 Å². The third-order valence-corrected chi connectivity index (χ3v) is 2.70. The van der Waals surface area contributed by atoms with Gasteiger partial charge in [0.1, 0.15) is 12.0 Å². The van der Waals surface area contributed by atoms with Crippen molar-refractivity contribution in [2.45, 2.75) is 19.1 Å². The maximum atomic E-state index is 9.92. The number of pyridine rings is 1. The van der Waals surface area contributed by atoms with Crippen LogP contribution in [0.2, 0.25) is 0 Å². The van der Waals surface area contributed by atoms with Crippen LogP contribution in [0.1, 0.15) is 6.92 Å². The first-order valence-electron chi connectivity index (χ1n) is 4.54. The fourth-order valence-electron chi connectivity index (χ4n) is 1.57. The van der Waals surface area contributed by atoms with Gasteiger partial charge in [0.2, 0.25) is 5.91 Å². The summed E-state index contributed by atoms with van der Waals surface area (Å²) in [6.07, 6.45) is 1.17. The first-order valence-corrected chi connectivity index (χ1v) is 5.33. The molecule has 0 amide bonds. The number of aliphatic hydroxyl groups is 1. The maximum absolute atomic E-state index is 9.92. The highest BCUT2D eigenvalue weighted by atomic mass is 79.9. The molecule has 1 aliphatic rings. The molecule has 1 aliphatic heterocycles. The van der Waals surface area contributed by atoms with Crippen LogP contribution in [0.3, 0.4) is 0 Å². The smallest absolute Gasteiger partial charge is 0.249 e. The third-order valence-electron chi connectivity index (χ3n) is 2.23. The quantitative estimate of drug-likeness (QED) is 0.811. The van der Waals surface area contributed by atoms with E-state index in [1.165, 1.54) is 0 Å². The minimum atomic E-state index is -1.39.